The lowest BCUT2D eigenvalue weighted by atomic mass is 10.3. The van der Waals surface area contributed by atoms with Gasteiger partial charge in [0.1, 0.15) is 0 Å². The number of carbonyl (C=O) groups excluding carboxylic acids is 1. The Morgan fingerprint density at radius 2 is 1.26 bits per heavy atom. The van der Waals surface area contributed by atoms with Crippen molar-refractivity contribution < 1.29 is 35.5 Å². The smallest absolute Gasteiger partial charge is 0.463 e. The molecule has 0 aromatic rings. The van der Waals surface area contributed by atoms with Gasteiger partial charge in [0.15, 0.2) is 8.32 Å². The highest BCUT2D eigenvalue weighted by molar-refractivity contribution is 6.87. The molecule has 35 heavy (non-hydrogen) atoms. The zero-order valence-electron chi connectivity index (χ0n) is 24.8. The molecule has 0 bridgehead atoms. The fraction of sp³-hybridized carbons (Fsp3) is 0.955. The van der Waals surface area contributed by atoms with E-state index in [1.807, 2.05) is 6.92 Å². The van der Waals surface area contributed by atoms with Gasteiger partial charge < -0.3 is 30.7 Å². The first kappa shape index (κ1) is 35.3. The minimum atomic E-state index is -2.67. The van der Waals surface area contributed by atoms with Crippen LogP contribution in [0.15, 0.2) is 0 Å². The maximum atomic E-state index is 12.5. The summed E-state index contributed by atoms with van der Waals surface area (Å²) >= 11 is 0. The summed E-state index contributed by atoms with van der Waals surface area (Å²) in [6.45, 7) is 19.9. The number of rotatable bonds is 19. The summed E-state index contributed by atoms with van der Waals surface area (Å²) in [7, 11) is -4.23. The summed E-state index contributed by atoms with van der Waals surface area (Å²) in [4.78, 5) is 12.5. The Morgan fingerprint density at radius 1 is 0.714 bits per heavy atom. The molecule has 13 heteroatoms. The van der Waals surface area contributed by atoms with E-state index >= 15 is 0 Å². The van der Waals surface area contributed by atoms with Crippen LogP contribution in [-0.2, 0) is 35.5 Å². The van der Waals surface area contributed by atoms with E-state index in [0.717, 1.165) is 18.5 Å². The van der Waals surface area contributed by atoms with E-state index in [0.29, 0.717) is 18.9 Å². The molecule has 0 aliphatic carbocycles. The van der Waals surface area contributed by atoms with Crippen LogP contribution in [0.1, 0.15) is 26.2 Å². The molecule has 0 aliphatic rings. The van der Waals surface area contributed by atoms with Crippen molar-refractivity contribution in [2.75, 3.05) is 28.4 Å². The highest BCUT2D eigenvalue weighted by Crippen LogP contribution is 2.30. The highest BCUT2D eigenvalue weighted by Gasteiger charge is 2.44. The van der Waals surface area contributed by atoms with Gasteiger partial charge in [0.25, 0.3) is 0 Å². The lowest BCUT2D eigenvalue weighted by Crippen LogP contribution is -2.55. The maximum Gasteiger partial charge on any atom is 0.500 e. The van der Waals surface area contributed by atoms with Crippen LogP contribution in [0.25, 0.3) is 0 Å². The Bertz CT molecular complexity index is 617. The molecule has 0 aromatic carbocycles. The second-order valence-electron chi connectivity index (χ2n) is 11.8. The molecule has 2 atom stereocenters. The summed E-state index contributed by atoms with van der Waals surface area (Å²) in [6, 6.07) is 3.51. The van der Waals surface area contributed by atoms with Gasteiger partial charge in [-0.15, -0.1) is 0 Å². The van der Waals surface area contributed by atoms with Crippen LogP contribution < -0.4 is 0 Å². The molecule has 0 aliphatic heterocycles. The first-order valence-corrected chi connectivity index (χ1v) is 26.8. The third kappa shape index (κ3) is 15.4. The molecule has 0 aromatic heterocycles. The molecule has 0 heterocycles. The van der Waals surface area contributed by atoms with Gasteiger partial charge in [-0.25, -0.2) is 0 Å². The Morgan fingerprint density at radius 3 is 1.71 bits per heavy atom. The molecule has 0 N–H and O–H groups in total. The molecular formula is C22H54O8Si5. The van der Waals surface area contributed by atoms with Crippen LogP contribution in [0, 0.1) is 0 Å². The van der Waals surface area contributed by atoms with Crippen molar-refractivity contribution in [3.63, 3.8) is 0 Å². The third-order valence-electron chi connectivity index (χ3n) is 5.91. The van der Waals surface area contributed by atoms with Gasteiger partial charge in [0, 0.05) is 55.0 Å². The highest BCUT2D eigenvalue weighted by atomic mass is 28.5. The van der Waals surface area contributed by atoms with Gasteiger partial charge >= 0.3 is 31.9 Å². The molecular weight excluding hydrogens is 533 g/mol. The summed E-state index contributed by atoms with van der Waals surface area (Å²) in [5.74, 6) is -0.215. The Balaban J connectivity index is 5.03. The molecule has 2 unspecified atom stereocenters. The van der Waals surface area contributed by atoms with Gasteiger partial charge in [-0.2, -0.15) is 0 Å². The number of hydrogen-bond acceptors (Lipinski definition) is 8. The average molecular weight is 587 g/mol. The molecule has 0 saturated heterocycles. The lowest BCUT2D eigenvalue weighted by molar-refractivity contribution is -0.147. The third-order valence-corrected chi connectivity index (χ3v) is 22.0. The van der Waals surface area contributed by atoms with Crippen LogP contribution in [0.2, 0.25) is 76.6 Å². The largest absolute Gasteiger partial charge is 0.500 e. The Kier molecular flexibility index (Phi) is 15.2. The van der Waals surface area contributed by atoms with Gasteiger partial charge in [-0.05, 0) is 52.1 Å². The standard InChI is InChI=1S/C22H54O8Si5/c1-21(28-22(23)16-14-19-35(25-3,26-4)27-5)20-32(9,10)29-34(13,30-33(11,12)24-2)18-15-17-31(6,7)8/h21H,14-20H2,1-13H3. The van der Waals surface area contributed by atoms with Gasteiger partial charge in [-0.1, -0.05) is 32.1 Å². The number of ether oxygens (including phenoxy) is 1. The molecule has 210 valence electrons. The van der Waals surface area contributed by atoms with Crippen molar-refractivity contribution in [2.45, 2.75) is 109 Å². The summed E-state index contributed by atoms with van der Waals surface area (Å²) < 4.78 is 41.3. The van der Waals surface area contributed by atoms with E-state index in [2.05, 4.69) is 52.4 Å². The first-order chi connectivity index (χ1) is 15.9. The Labute approximate surface area is 220 Å². The van der Waals surface area contributed by atoms with Crippen molar-refractivity contribution in [2.24, 2.45) is 0 Å². The lowest BCUT2D eigenvalue weighted by Gasteiger charge is -2.40. The average Bonchev–Trinajstić information content (AvgIpc) is 2.68. The molecule has 0 rings (SSSR count). The summed E-state index contributed by atoms with van der Waals surface area (Å²) in [5.41, 5.74) is 0. The maximum absolute atomic E-state index is 12.5. The summed E-state index contributed by atoms with van der Waals surface area (Å²) in [5, 5.41) is 0. The minimum absolute atomic E-state index is 0.215. The number of esters is 1. The number of carbonyl (C=O) groups is 1. The molecule has 0 saturated carbocycles. The van der Waals surface area contributed by atoms with Crippen LogP contribution in [0.4, 0.5) is 0 Å². The van der Waals surface area contributed by atoms with Gasteiger partial charge in [-0.3, -0.25) is 4.79 Å². The predicted octanol–water partition coefficient (Wildman–Crippen LogP) is 5.96. The second-order valence-corrected chi connectivity index (χ2v) is 32.0. The monoisotopic (exact) mass is 586 g/mol. The minimum Gasteiger partial charge on any atom is -0.463 e. The van der Waals surface area contributed by atoms with E-state index in [-0.39, 0.29) is 12.1 Å². The van der Waals surface area contributed by atoms with Crippen molar-refractivity contribution in [3.8, 4) is 0 Å². The van der Waals surface area contributed by atoms with E-state index < -0.39 is 42.3 Å². The van der Waals surface area contributed by atoms with Crippen LogP contribution in [-0.4, -0.2) is 82.8 Å². The predicted molar refractivity (Wildman–Crippen MR) is 155 cm³/mol. The molecule has 0 radical (unpaired) electrons. The molecule has 0 fully saturated rings. The fourth-order valence-electron chi connectivity index (χ4n) is 4.27. The SMILES string of the molecule is CO[Si](C)(C)O[Si](C)(CCC[Si](C)(C)C)O[Si](C)(C)CC(C)OC(=O)CCC[Si](OC)(OC)OC. The van der Waals surface area contributed by atoms with Gasteiger partial charge in [0.05, 0.1) is 6.10 Å². The fourth-order valence-corrected chi connectivity index (χ4v) is 20.7. The van der Waals surface area contributed by atoms with E-state index in [4.69, 9.17) is 30.7 Å². The Hall–Kier alpha value is 0.314. The topological polar surface area (TPSA) is 81.7 Å². The van der Waals surface area contributed by atoms with Crippen molar-refractivity contribution in [1.29, 1.82) is 0 Å². The van der Waals surface area contributed by atoms with Crippen molar-refractivity contribution in [3.05, 3.63) is 0 Å². The van der Waals surface area contributed by atoms with Crippen molar-refractivity contribution >= 4 is 48.3 Å². The van der Waals surface area contributed by atoms with Gasteiger partial charge in [0.2, 0.25) is 0 Å². The quantitative estimate of drug-likeness (QED) is 0.135. The van der Waals surface area contributed by atoms with Crippen molar-refractivity contribution in [1.82, 2.24) is 0 Å². The molecule has 8 nitrogen and oxygen atoms in total. The van der Waals surface area contributed by atoms with Crippen LogP contribution >= 0.6 is 0 Å². The summed E-state index contributed by atoms with van der Waals surface area (Å²) in [6.07, 6.45) is 1.80. The molecule has 0 amide bonds. The molecule has 0 spiro atoms. The zero-order valence-corrected chi connectivity index (χ0v) is 29.8. The van der Waals surface area contributed by atoms with E-state index in [1.165, 1.54) is 6.04 Å². The normalized spacial score (nSPS) is 16.1. The van der Waals surface area contributed by atoms with Crippen LogP contribution in [0.3, 0.4) is 0 Å². The number of hydrogen-bond donors (Lipinski definition) is 0. The zero-order chi connectivity index (χ0) is 27.6. The van der Waals surface area contributed by atoms with E-state index in [1.54, 1.807) is 28.4 Å². The van der Waals surface area contributed by atoms with Crippen LogP contribution in [0.5, 0.6) is 0 Å². The second kappa shape index (κ2) is 15.0. The van der Waals surface area contributed by atoms with E-state index in [9.17, 15) is 4.79 Å². The first-order valence-electron chi connectivity index (χ1n) is 12.7.